The molecule has 3 heteroatoms. The summed E-state index contributed by atoms with van der Waals surface area (Å²) in [6.07, 6.45) is 5.14. The van der Waals surface area contributed by atoms with Crippen molar-refractivity contribution in [2.75, 3.05) is 0 Å². The van der Waals surface area contributed by atoms with Crippen molar-refractivity contribution in [2.45, 2.75) is 58.0 Å². The van der Waals surface area contributed by atoms with Gasteiger partial charge < -0.3 is 9.84 Å². The van der Waals surface area contributed by atoms with Gasteiger partial charge in [0.05, 0.1) is 0 Å². The highest BCUT2D eigenvalue weighted by atomic mass is 16.5. The molecule has 0 amide bonds. The first-order valence-corrected chi connectivity index (χ1v) is 10.2. The van der Waals surface area contributed by atoms with E-state index >= 15 is 0 Å². The lowest BCUT2D eigenvalue weighted by Crippen LogP contribution is -2.45. The van der Waals surface area contributed by atoms with E-state index in [1.54, 1.807) is 0 Å². The van der Waals surface area contributed by atoms with E-state index in [0.717, 1.165) is 30.6 Å². The summed E-state index contributed by atoms with van der Waals surface area (Å²) in [4.78, 5) is 11.5. The highest BCUT2D eigenvalue weighted by molar-refractivity contribution is 5.87. The lowest BCUT2D eigenvalue weighted by molar-refractivity contribution is -0.133. The third-order valence-electron chi connectivity index (χ3n) is 6.40. The molecule has 0 radical (unpaired) electrons. The van der Waals surface area contributed by atoms with Gasteiger partial charge in [0.25, 0.3) is 0 Å². The number of allylic oxidation sites excluding steroid dienone is 1. The molecule has 0 aromatic heterocycles. The molecule has 146 valence electrons. The van der Waals surface area contributed by atoms with E-state index in [2.05, 4.69) is 63.2 Å². The Morgan fingerprint density at radius 2 is 1.79 bits per heavy atom. The Labute approximate surface area is 167 Å². The number of carboxylic acid groups (broad SMARTS) is 1. The summed E-state index contributed by atoms with van der Waals surface area (Å²) in [5.41, 5.74) is 5.25. The van der Waals surface area contributed by atoms with Crippen LogP contribution in [0.15, 0.2) is 54.1 Å². The molecule has 3 nitrogen and oxygen atoms in total. The molecule has 0 fully saturated rings. The van der Waals surface area contributed by atoms with Crippen LogP contribution in [0, 0.1) is 5.92 Å². The summed E-state index contributed by atoms with van der Waals surface area (Å²) in [5, 5.41) is 9.45. The van der Waals surface area contributed by atoms with Crippen LogP contribution in [-0.4, -0.2) is 16.7 Å². The smallest absolute Gasteiger partial charge is 0.331 e. The maximum Gasteiger partial charge on any atom is 0.331 e. The fourth-order valence-electron chi connectivity index (χ4n) is 4.74. The van der Waals surface area contributed by atoms with Crippen molar-refractivity contribution in [3.8, 4) is 5.75 Å². The van der Waals surface area contributed by atoms with Crippen LogP contribution in [0.5, 0.6) is 5.75 Å². The zero-order chi connectivity index (χ0) is 19.9. The second-order valence-corrected chi connectivity index (χ2v) is 8.61. The number of fused-ring (bicyclic) bond motifs is 3. The summed E-state index contributed by atoms with van der Waals surface area (Å²) < 4.78 is 6.42. The first-order valence-electron chi connectivity index (χ1n) is 10.2. The fraction of sp³-hybridized carbons (Fsp3) is 0.400. The van der Waals surface area contributed by atoms with Gasteiger partial charge in [-0.3, -0.25) is 0 Å². The van der Waals surface area contributed by atoms with Gasteiger partial charge in [-0.25, -0.2) is 4.79 Å². The fourth-order valence-corrected chi connectivity index (χ4v) is 4.74. The van der Waals surface area contributed by atoms with Crippen LogP contribution >= 0.6 is 0 Å². The van der Waals surface area contributed by atoms with E-state index in [0.29, 0.717) is 17.9 Å². The Kier molecular flexibility index (Phi) is 4.78. The summed E-state index contributed by atoms with van der Waals surface area (Å²) >= 11 is 0. The van der Waals surface area contributed by atoms with Gasteiger partial charge in [0, 0.05) is 11.5 Å². The summed E-state index contributed by atoms with van der Waals surface area (Å²) in [5.74, 6) is 0.625. The molecule has 0 saturated carbocycles. The van der Waals surface area contributed by atoms with Crippen LogP contribution in [0.4, 0.5) is 0 Å². The van der Waals surface area contributed by atoms with Gasteiger partial charge in [0.1, 0.15) is 11.4 Å². The minimum absolute atomic E-state index is 0.202. The SMILES string of the molecule is CCc1ccc(Cc2ccc3c(c2)OC(C)(C)C2CC=C(C(=O)O)CC32)cc1. The molecule has 28 heavy (non-hydrogen) atoms. The Morgan fingerprint density at radius 3 is 2.46 bits per heavy atom. The number of hydrogen-bond acceptors (Lipinski definition) is 2. The van der Waals surface area contributed by atoms with E-state index in [4.69, 9.17) is 4.74 Å². The highest BCUT2D eigenvalue weighted by Gasteiger charge is 2.45. The van der Waals surface area contributed by atoms with Crippen molar-refractivity contribution in [3.63, 3.8) is 0 Å². The molecular weight excluding hydrogens is 348 g/mol. The molecule has 0 saturated heterocycles. The van der Waals surface area contributed by atoms with Crippen molar-refractivity contribution >= 4 is 5.97 Å². The molecule has 4 rings (SSSR count). The maximum absolute atomic E-state index is 11.5. The predicted octanol–water partition coefficient (Wildman–Crippen LogP) is 5.52. The normalized spacial score (nSPS) is 22.5. The highest BCUT2D eigenvalue weighted by Crippen LogP contribution is 2.51. The van der Waals surface area contributed by atoms with Crippen molar-refractivity contribution in [3.05, 3.63) is 76.4 Å². The number of ether oxygens (including phenoxy) is 1. The maximum atomic E-state index is 11.5. The van der Waals surface area contributed by atoms with Gasteiger partial charge in [-0.15, -0.1) is 0 Å². The zero-order valence-electron chi connectivity index (χ0n) is 16.9. The number of aliphatic carboxylic acids is 1. The molecule has 2 aromatic rings. The number of carboxylic acids is 1. The summed E-state index contributed by atoms with van der Waals surface area (Å²) in [6.45, 7) is 6.42. The monoisotopic (exact) mass is 376 g/mol. The van der Waals surface area contributed by atoms with Crippen LogP contribution in [0.2, 0.25) is 0 Å². The third kappa shape index (κ3) is 3.46. The first-order chi connectivity index (χ1) is 13.4. The Bertz CT molecular complexity index is 921. The first kappa shape index (κ1) is 18.8. The van der Waals surface area contributed by atoms with E-state index in [-0.39, 0.29) is 11.5 Å². The number of aryl methyl sites for hydroxylation is 1. The largest absolute Gasteiger partial charge is 0.487 e. The molecule has 2 atom stereocenters. The number of hydrogen-bond donors (Lipinski definition) is 1. The Morgan fingerprint density at radius 1 is 1.11 bits per heavy atom. The molecule has 0 bridgehead atoms. The number of rotatable bonds is 4. The number of benzene rings is 2. The second-order valence-electron chi connectivity index (χ2n) is 8.61. The molecule has 1 heterocycles. The van der Waals surface area contributed by atoms with E-state index in [1.165, 1.54) is 16.7 Å². The Balaban J connectivity index is 1.63. The predicted molar refractivity (Wildman–Crippen MR) is 111 cm³/mol. The lowest BCUT2D eigenvalue weighted by Gasteiger charge is -2.46. The molecule has 0 spiro atoms. The molecule has 1 aliphatic heterocycles. The molecule has 2 aromatic carbocycles. The van der Waals surface area contributed by atoms with Crippen molar-refractivity contribution in [1.29, 1.82) is 0 Å². The summed E-state index contributed by atoms with van der Waals surface area (Å²) in [6, 6.07) is 15.3. The molecule has 2 unspecified atom stereocenters. The van der Waals surface area contributed by atoms with Gasteiger partial charge in [-0.2, -0.15) is 0 Å². The van der Waals surface area contributed by atoms with Gasteiger partial charge in [0.15, 0.2) is 0 Å². The van der Waals surface area contributed by atoms with Gasteiger partial charge >= 0.3 is 5.97 Å². The minimum Gasteiger partial charge on any atom is -0.487 e. The van der Waals surface area contributed by atoms with E-state index in [1.807, 2.05) is 6.08 Å². The van der Waals surface area contributed by atoms with Crippen LogP contribution in [-0.2, 0) is 17.6 Å². The standard InChI is InChI=1S/C25H28O3/c1-4-16-5-7-17(8-6-16)13-18-9-11-20-21-15-19(24(26)27)10-12-22(21)25(2,3)28-23(20)14-18/h5-11,14,21-22H,4,12-13,15H2,1-3H3,(H,26,27). The molecule has 1 N–H and O–H groups in total. The third-order valence-corrected chi connectivity index (χ3v) is 6.40. The molecule has 1 aliphatic carbocycles. The topological polar surface area (TPSA) is 46.5 Å². The van der Waals surface area contributed by atoms with E-state index in [9.17, 15) is 9.90 Å². The van der Waals surface area contributed by atoms with Crippen LogP contribution in [0.3, 0.4) is 0 Å². The van der Waals surface area contributed by atoms with Crippen LogP contribution < -0.4 is 4.74 Å². The minimum atomic E-state index is -0.795. The number of carbonyl (C=O) groups is 1. The van der Waals surface area contributed by atoms with Gasteiger partial charge in [0.2, 0.25) is 0 Å². The lowest BCUT2D eigenvalue weighted by atomic mass is 9.67. The van der Waals surface area contributed by atoms with Crippen LogP contribution in [0.25, 0.3) is 0 Å². The average molecular weight is 376 g/mol. The second kappa shape index (κ2) is 7.12. The van der Waals surface area contributed by atoms with Gasteiger partial charge in [-0.05, 0) is 73.8 Å². The van der Waals surface area contributed by atoms with E-state index < -0.39 is 5.97 Å². The Hall–Kier alpha value is -2.55. The van der Waals surface area contributed by atoms with Crippen molar-refractivity contribution in [1.82, 2.24) is 0 Å². The zero-order valence-corrected chi connectivity index (χ0v) is 16.9. The van der Waals surface area contributed by atoms with Crippen molar-refractivity contribution < 1.29 is 14.6 Å². The van der Waals surface area contributed by atoms with Crippen molar-refractivity contribution in [2.24, 2.45) is 5.92 Å². The molecular formula is C25H28O3. The van der Waals surface area contributed by atoms with Gasteiger partial charge in [-0.1, -0.05) is 49.4 Å². The summed E-state index contributed by atoms with van der Waals surface area (Å²) in [7, 11) is 0. The van der Waals surface area contributed by atoms with Crippen LogP contribution in [0.1, 0.15) is 61.8 Å². The quantitative estimate of drug-likeness (QED) is 0.765. The average Bonchev–Trinajstić information content (AvgIpc) is 2.67. The molecule has 2 aliphatic rings.